The van der Waals surface area contributed by atoms with Crippen molar-refractivity contribution in [2.24, 2.45) is 17.8 Å². The molecule has 1 aliphatic rings. The molecule has 0 amide bonds. The lowest BCUT2D eigenvalue weighted by Gasteiger charge is -2.36. The van der Waals surface area contributed by atoms with Crippen molar-refractivity contribution in [1.82, 2.24) is 0 Å². The first-order valence-electron chi connectivity index (χ1n) is 7.60. The van der Waals surface area contributed by atoms with Crippen LogP contribution in [0.2, 0.25) is 0 Å². The molecule has 0 aromatic rings. The van der Waals surface area contributed by atoms with Gasteiger partial charge >= 0.3 is 0 Å². The van der Waals surface area contributed by atoms with Gasteiger partial charge in [-0.1, -0.05) is 6.42 Å². The molecule has 6 nitrogen and oxygen atoms in total. The molecule has 0 aliphatic heterocycles. The molecule has 12 heteroatoms. The van der Waals surface area contributed by atoms with Crippen molar-refractivity contribution < 1.29 is 26.3 Å². The summed E-state index contributed by atoms with van der Waals surface area (Å²) in [6.45, 7) is 0. The van der Waals surface area contributed by atoms with Crippen LogP contribution in [0.15, 0.2) is 0 Å². The minimum absolute atomic E-state index is 0.0103. The molecule has 1 saturated carbocycles. The van der Waals surface area contributed by atoms with Crippen LogP contribution in [0.5, 0.6) is 0 Å². The predicted octanol–water partition coefficient (Wildman–Crippen LogP) is 1.85. The average Bonchev–Trinajstić information content (AvgIpc) is 2.39. The Morgan fingerprint density at radius 1 is 0.708 bits per heavy atom. The second-order valence-electron chi connectivity index (χ2n) is 6.42. The summed E-state index contributed by atoms with van der Waals surface area (Å²) in [6, 6.07) is 0. The summed E-state index contributed by atoms with van der Waals surface area (Å²) in [4.78, 5) is 0. The lowest BCUT2D eigenvalue weighted by atomic mass is 9.71. The second kappa shape index (κ2) is 9.27. The van der Waals surface area contributed by atoms with Crippen molar-refractivity contribution in [2.45, 2.75) is 38.5 Å². The number of hydrogen-bond acceptors (Lipinski definition) is 6. The van der Waals surface area contributed by atoms with Crippen LogP contribution in [-0.2, 0) is 59.9 Å². The van der Waals surface area contributed by atoms with Gasteiger partial charge in [-0.3, -0.25) is 0 Å². The number of hydrogen-bond donors (Lipinski definition) is 3. The zero-order valence-electron chi connectivity index (χ0n) is 13.1. The first kappa shape index (κ1) is 23.0. The Kier molecular flexibility index (Phi) is 8.89. The van der Waals surface area contributed by atoms with Crippen molar-refractivity contribution in [3.8, 4) is 0 Å². The van der Waals surface area contributed by atoms with E-state index in [2.05, 4.69) is 33.6 Å². The van der Waals surface area contributed by atoms with Crippen LogP contribution in [0.25, 0.3) is 0 Å². The van der Waals surface area contributed by atoms with Crippen LogP contribution in [0.1, 0.15) is 38.5 Å². The fraction of sp³-hybridized carbons (Fsp3) is 1.00. The van der Waals surface area contributed by atoms with E-state index in [4.69, 9.17) is 0 Å². The largest absolute Gasteiger partial charge is 0.306 e. The molecule has 0 aromatic carbocycles. The van der Waals surface area contributed by atoms with Gasteiger partial charge in [-0.2, -0.15) is 0 Å². The van der Waals surface area contributed by atoms with E-state index >= 15 is 0 Å². The van der Waals surface area contributed by atoms with E-state index in [1.165, 1.54) is 0 Å². The number of rotatable bonds is 9. The van der Waals surface area contributed by atoms with Crippen LogP contribution in [0, 0.1) is 17.8 Å². The molecule has 0 saturated heterocycles. The summed E-state index contributed by atoms with van der Waals surface area (Å²) in [5, 5.41) is 0. The van der Waals surface area contributed by atoms with Gasteiger partial charge in [-0.25, -0.2) is 12.6 Å². The van der Waals surface area contributed by atoms with Gasteiger partial charge in [0, 0.05) is 33.6 Å². The zero-order chi connectivity index (χ0) is 18.6. The molecule has 0 radical (unpaired) electrons. The van der Waals surface area contributed by atoms with Crippen molar-refractivity contribution in [3.05, 3.63) is 0 Å². The van der Waals surface area contributed by atoms with E-state index in [1.54, 1.807) is 0 Å². The molecule has 6 atom stereocenters. The minimum Gasteiger partial charge on any atom is -0.306 e. The van der Waals surface area contributed by atoms with E-state index in [1.807, 2.05) is 0 Å². The first-order chi connectivity index (χ1) is 10.8. The van der Waals surface area contributed by atoms with E-state index in [0.717, 1.165) is 19.3 Å². The molecule has 1 rings (SSSR count). The summed E-state index contributed by atoms with van der Waals surface area (Å²) in [5.74, 6) is 0.582. The van der Waals surface area contributed by atoms with Gasteiger partial charge in [0.2, 0.25) is 0 Å². The van der Waals surface area contributed by atoms with E-state index in [-0.39, 0.29) is 35.0 Å². The molecule has 0 heterocycles. The van der Waals surface area contributed by atoms with Crippen molar-refractivity contribution >= 4 is 59.9 Å². The zero-order valence-corrected chi connectivity index (χ0v) is 18.0. The van der Waals surface area contributed by atoms with Gasteiger partial charge in [0.15, 0.2) is 0 Å². The molecule has 0 spiro atoms. The smallest absolute Gasteiger partial charge is 0.141 e. The molecule has 1 aliphatic carbocycles. The van der Waals surface area contributed by atoms with Crippen LogP contribution < -0.4 is 0 Å². The van der Waals surface area contributed by atoms with E-state index in [9.17, 15) is 26.3 Å². The first-order valence-corrected chi connectivity index (χ1v) is 15.4. The molecular weight excluding hydrogens is 433 g/mol. The molecule has 144 valence electrons. The summed E-state index contributed by atoms with van der Waals surface area (Å²) >= 11 is 13.6. The summed E-state index contributed by atoms with van der Waals surface area (Å²) in [7, 11) is -9.62. The van der Waals surface area contributed by atoms with Gasteiger partial charge in [-0.15, -0.1) is 0 Å². The van der Waals surface area contributed by atoms with Crippen molar-refractivity contribution in [3.63, 3.8) is 0 Å². The fourth-order valence-electron chi connectivity index (χ4n) is 3.34. The molecule has 0 aromatic heterocycles. The third-order valence-electron chi connectivity index (χ3n) is 4.53. The third-order valence-corrected chi connectivity index (χ3v) is 8.28. The summed E-state index contributed by atoms with van der Waals surface area (Å²) in [5.41, 5.74) is 0. The standard InChI is InChI=1S/C12H24O6S6/c13-22(14,19)6-3-10-1-2-11(4-7-23(15,16)20)12(9-10)5-8-24(17,18)21/h10-12H,1-9H2,(H,13,14,19)(H,15,16,20)(H,17,18,21). The third kappa shape index (κ3) is 10.9. The van der Waals surface area contributed by atoms with Gasteiger partial charge < -0.3 is 13.7 Å². The summed E-state index contributed by atoms with van der Waals surface area (Å²) < 4.78 is 61.8. The van der Waals surface area contributed by atoms with E-state index in [0.29, 0.717) is 19.3 Å². The Balaban J connectivity index is 2.70. The Morgan fingerprint density at radius 2 is 1.12 bits per heavy atom. The predicted molar refractivity (Wildman–Crippen MR) is 107 cm³/mol. The maximum Gasteiger partial charge on any atom is 0.141 e. The Hall–Kier alpha value is 0.990. The Bertz CT molecular complexity index is 711. The highest BCUT2D eigenvalue weighted by atomic mass is 32.9. The second-order valence-corrected chi connectivity index (χ2v) is 15.8. The topological polar surface area (TPSA) is 112 Å². The van der Waals surface area contributed by atoms with Gasteiger partial charge in [0.1, 0.15) is 26.3 Å². The normalized spacial score (nSPS) is 32.4. The molecule has 1 fully saturated rings. The maximum absolute atomic E-state index is 11.4. The van der Waals surface area contributed by atoms with Gasteiger partial charge in [0.25, 0.3) is 0 Å². The maximum atomic E-state index is 11.4. The van der Waals surface area contributed by atoms with Crippen molar-refractivity contribution in [2.75, 3.05) is 17.3 Å². The highest BCUT2D eigenvalue weighted by Gasteiger charge is 2.31. The lowest BCUT2D eigenvalue weighted by Crippen LogP contribution is -2.29. The molecule has 3 N–H and O–H groups in total. The van der Waals surface area contributed by atoms with Crippen LogP contribution >= 0.6 is 0 Å². The molecule has 24 heavy (non-hydrogen) atoms. The summed E-state index contributed by atoms with van der Waals surface area (Å²) in [6.07, 6.45) is 3.89. The van der Waals surface area contributed by atoms with Gasteiger partial charge in [0.05, 0.1) is 17.3 Å². The molecule has 6 unspecified atom stereocenters. The fourth-order valence-corrected chi connectivity index (χ4v) is 6.03. The monoisotopic (exact) mass is 456 g/mol. The van der Waals surface area contributed by atoms with Crippen LogP contribution in [0.4, 0.5) is 0 Å². The van der Waals surface area contributed by atoms with Crippen LogP contribution in [0.3, 0.4) is 0 Å². The Morgan fingerprint density at radius 3 is 1.58 bits per heavy atom. The molecular formula is C12H24O6S6. The highest BCUT2D eigenvalue weighted by Crippen LogP contribution is 2.39. The van der Waals surface area contributed by atoms with Crippen LogP contribution in [-0.4, -0.2) is 43.5 Å². The quantitative estimate of drug-likeness (QED) is 0.478. The Labute approximate surface area is 159 Å². The highest BCUT2D eigenvalue weighted by molar-refractivity contribution is 8.30. The van der Waals surface area contributed by atoms with E-state index < -0.39 is 26.3 Å². The lowest BCUT2D eigenvalue weighted by molar-refractivity contribution is 0.168. The van der Waals surface area contributed by atoms with Gasteiger partial charge in [-0.05, 0) is 49.9 Å². The SMILES string of the molecule is O=S(O)(=S)CCC1CCC(CCS(=O)(O)=S)C(CCS(=O)(O)=S)C1. The minimum atomic E-state index is -3.24. The van der Waals surface area contributed by atoms with Crippen molar-refractivity contribution in [1.29, 1.82) is 0 Å². The average molecular weight is 457 g/mol. The molecule has 0 bridgehead atoms.